The van der Waals surface area contributed by atoms with Crippen molar-refractivity contribution in [3.8, 4) is 0 Å². The molecule has 1 unspecified atom stereocenters. The Morgan fingerprint density at radius 3 is 2.47 bits per heavy atom. The van der Waals surface area contributed by atoms with Crippen molar-refractivity contribution in [2.24, 2.45) is 5.92 Å². The first kappa shape index (κ1) is 12.9. The van der Waals surface area contributed by atoms with Crippen LogP contribution in [0.15, 0.2) is 0 Å². The van der Waals surface area contributed by atoms with Crippen LogP contribution in [-0.2, 0) is 10.0 Å². The van der Waals surface area contributed by atoms with Crippen LogP contribution in [0, 0.1) is 5.92 Å². The van der Waals surface area contributed by atoms with E-state index in [0.29, 0.717) is 5.92 Å². The van der Waals surface area contributed by atoms with Crippen LogP contribution in [-0.4, -0.2) is 31.9 Å². The Morgan fingerprint density at radius 1 is 1.33 bits per heavy atom. The maximum atomic E-state index is 11.6. The average molecular weight is 235 g/mol. The van der Waals surface area contributed by atoms with E-state index in [0.717, 1.165) is 25.7 Å². The van der Waals surface area contributed by atoms with E-state index in [1.165, 1.54) is 6.42 Å². The van der Waals surface area contributed by atoms with Crippen LogP contribution < -0.4 is 4.72 Å². The Bertz CT molecular complexity index is 268. The van der Waals surface area contributed by atoms with Crippen LogP contribution in [0.4, 0.5) is 0 Å². The molecule has 90 valence electrons. The molecule has 0 bridgehead atoms. The zero-order valence-electron chi connectivity index (χ0n) is 9.28. The third kappa shape index (κ3) is 5.49. The minimum Gasteiger partial charge on any atom is -0.392 e. The first-order valence-corrected chi connectivity index (χ1v) is 7.30. The Hall–Kier alpha value is -0.130. The van der Waals surface area contributed by atoms with Gasteiger partial charge in [0, 0.05) is 6.54 Å². The van der Waals surface area contributed by atoms with Gasteiger partial charge in [-0.3, -0.25) is 0 Å². The molecule has 4 nitrogen and oxygen atoms in total. The Labute approximate surface area is 92.1 Å². The van der Waals surface area contributed by atoms with Crippen molar-refractivity contribution in [2.45, 2.75) is 45.1 Å². The molecule has 0 radical (unpaired) electrons. The highest BCUT2D eigenvalue weighted by molar-refractivity contribution is 7.89. The van der Waals surface area contributed by atoms with Crippen LogP contribution in [0.5, 0.6) is 0 Å². The lowest BCUT2D eigenvalue weighted by Crippen LogP contribution is -2.35. The minimum absolute atomic E-state index is 0.120. The average Bonchev–Trinajstić information content (AvgIpc) is 2.16. The molecular formula is C10H21NO3S. The van der Waals surface area contributed by atoms with E-state index in [4.69, 9.17) is 5.11 Å². The molecule has 1 aliphatic rings. The highest BCUT2D eigenvalue weighted by atomic mass is 32.2. The number of sulfonamides is 1. The van der Waals surface area contributed by atoms with Crippen molar-refractivity contribution in [1.82, 2.24) is 4.72 Å². The van der Waals surface area contributed by atoms with Crippen molar-refractivity contribution < 1.29 is 13.5 Å². The Kier molecular flexibility index (Phi) is 5.02. The lowest BCUT2D eigenvalue weighted by molar-refractivity contribution is 0.198. The first-order chi connectivity index (χ1) is 6.99. The van der Waals surface area contributed by atoms with Gasteiger partial charge in [0.2, 0.25) is 10.0 Å². The quantitative estimate of drug-likeness (QED) is 0.743. The van der Waals surface area contributed by atoms with Crippen molar-refractivity contribution in [3.05, 3.63) is 0 Å². The summed E-state index contributed by atoms with van der Waals surface area (Å²) in [6.07, 6.45) is 4.96. The smallest absolute Gasteiger partial charge is 0.211 e. The van der Waals surface area contributed by atoms with Crippen molar-refractivity contribution in [1.29, 1.82) is 0 Å². The van der Waals surface area contributed by atoms with Crippen LogP contribution >= 0.6 is 0 Å². The van der Waals surface area contributed by atoms with Gasteiger partial charge >= 0.3 is 0 Å². The number of rotatable bonds is 5. The fraction of sp³-hybridized carbons (Fsp3) is 1.00. The first-order valence-electron chi connectivity index (χ1n) is 5.65. The number of hydrogen-bond donors (Lipinski definition) is 2. The summed E-state index contributed by atoms with van der Waals surface area (Å²) in [5.74, 6) is 0.532. The molecule has 1 saturated carbocycles. The van der Waals surface area contributed by atoms with Gasteiger partial charge in [-0.15, -0.1) is 0 Å². The van der Waals surface area contributed by atoms with E-state index in [-0.39, 0.29) is 12.3 Å². The summed E-state index contributed by atoms with van der Waals surface area (Å²) in [5.41, 5.74) is 0. The summed E-state index contributed by atoms with van der Waals surface area (Å²) in [7, 11) is -3.19. The zero-order chi connectivity index (χ0) is 11.3. The van der Waals surface area contributed by atoms with Crippen LogP contribution in [0.25, 0.3) is 0 Å². The largest absolute Gasteiger partial charge is 0.392 e. The third-order valence-corrected chi connectivity index (χ3v) is 4.30. The molecular weight excluding hydrogens is 214 g/mol. The highest BCUT2D eigenvalue weighted by Gasteiger charge is 2.21. The molecule has 0 saturated heterocycles. The summed E-state index contributed by atoms with van der Waals surface area (Å²) in [6.45, 7) is 1.69. The fourth-order valence-corrected chi connectivity index (χ4v) is 3.54. The SMILES string of the molecule is CC(O)CNS(=O)(=O)CC1CCCCC1. The van der Waals surface area contributed by atoms with Gasteiger partial charge in [0.15, 0.2) is 0 Å². The van der Waals surface area contributed by atoms with Gasteiger partial charge in [0.25, 0.3) is 0 Å². The fourth-order valence-electron chi connectivity index (χ4n) is 1.97. The van der Waals surface area contributed by atoms with Crippen molar-refractivity contribution in [2.75, 3.05) is 12.3 Å². The Morgan fingerprint density at radius 2 is 1.93 bits per heavy atom. The molecule has 0 spiro atoms. The summed E-state index contributed by atoms with van der Waals surface area (Å²) < 4.78 is 25.6. The molecule has 0 aromatic heterocycles. The van der Waals surface area contributed by atoms with Gasteiger partial charge < -0.3 is 5.11 Å². The van der Waals surface area contributed by atoms with Crippen LogP contribution in [0.2, 0.25) is 0 Å². The molecule has 0 amide bonds. The number of nitrogens with one attached hydrogen (secondary N) is 1. The van der Waals surface area contributed by atoms with E-state index in [1.54, 1.807) is 6.92 Å². The summed E-state index contributed by atoms with van der Waals surface area (Å²) in [6, 6.07) is 0. The molecule has 2 N–H and O–H groups in total. The Balaban J connectivity index is 2.34. The maximum absolute atomic E-state index is 11.6. The summed E-state index contributed by atoms with van der Waals surface area (Å²) >= 11 is 0. The van der Waals surface area contributed by atoms with Gasteiger partial charge in [0.05, 0.1) is 11.9 Å². The predicted octanol–water partition coefficient (Wildman–Crippen LogP) is 0.867. The molecule has 1 rings (SSSR count). The molecule has 1 atom stereocenters. The maximum Gasteiger partial charge on any atom is 0.211 e. The number of hydrogen-bond acceptors (Lipinski definition) is 3. The van der Waals surface area contributed by atoms with Gasteiger partial charge in [0.1, 0.15) is 0 Å². The molecule has 0 aromatic carbocycles. The number of aliphatic hydroxyl groups excluding tert-OH is 1. The second-order valence-electron chi connectivity index (χ2n) is 4.48. The minimum atomic E-state index is -3.19. The van der Waals surface area contributed by atoms with E-state index < -0.39 is 16.1 Å². The van der Waals surface area contributed by atoms with Gasteiger partial charge in [-0.1, -0.05) is 19.3 Å². The standard InChI is InChI=1S/C10H21NO3S/c1-9(12)7-11-15(13,14)8-10-5-3-2-4-6-10/h9-12H,2-8H2,1H3. The number of aliphatic hydroxyl groups is 1. The monoisotopic (exact) mass is 235 g/mol. The lowest BCUT2D eigenvalue weighted by Gasteiger charge is -2.21. The predicted molar refractivity (Wildman–Crippen MR) is 60.0 cm³/mol. The normalized spacial score (nSPS) is 21.5. The van der Waals surface area contributed by atoms with Gasteiger partial charge in [-0.2, -0.15) is 0 Å². The van der Waals surface area contributed by atoms with Gasteiger partial charge in [-0.05, 0) is 25.7 Å². The molecule has 1 aliphatic carbocycles. The molecule has 5 heteroatoms. The summed E-state index contributed by atoms with van der Waals surface area (Å²) in [5, 5.41) is 8.99. The topological polar surface area (TPSA) is 66.4 Å². The van der Waals surface area contributed by atoms with E-state index in [1.807, 2.05) is 0 Å². The third-order valence-electron chi connectivity index (χ3n) is 2.78. The van der Waals surface area contributed by atoms with E-state index in [2.05, 4.69) is 4.72 Å². The van der Waals surface area contributed by atoms with Crippen molar-refractivity contribution >= 4 is 10.0 Å². The molecule has 0 aromatic rings. The van der Waals surface area contributed by atoms with Crippen LogP contribution in [0.1, 0.15) is 39.0 Å². The van der Waals surface area contributed by atoms with Crippen LogP contribution in [0.3, 0.4) is 0 Å². The molecule has 15 heavy (non-hydrogen) atoms. The second kappa shape index (κ2) is 5.82. The lowest BCUT2D eigenvalue weighted by atomic mass is 9.91. The molecule has 0 aliphatic heterocycles. The van der Waals surface area contributed by atoms with Crippen molar-refractivity contribution in [3.63, 3.8) is 0 Å². The zero-order valence-corrected chi connectivity index (χ0v) is 10.1. The van der Waals surface area contributed by atoms with E-state index in [9.17, 15) is 8.42 Å². The molecule has 0 heterocycles. The molecule has 1 fully saturated rings. The van der Waals surface area contributed by atoms with E-state index >= 15 is 0 Å². The second-order valence-corrected chi connectivity index (χ2v) is 6.33. The highest BCUT2D eigenvalue weighted by Crippen LogP contribution is 2.24. The van der Waals surface area contributed by atoms with Gasteiger partial charge in [-0.25, -0.2) is 13.1 Å². The summed E-state index contributed by atoms with van der Waals surface area (Å²) in [4.78, 5) is 0.